The van der Waals surface area contributed by atoms with Crippen molar-refractivity contribution in [1.29, 1.82) is 0 Å². The minimum atomic E-state index is -1.34. The van der Waals surface area contributed by atoms with E-state index in [0.717, 1.165) is 12.1 Å². The summed E-state index contributed by atoms with van der Waals surface area (Å²) in [5, 5.41) is 40.6. The Bertz CT molecular complexity index is 498. The molecule has 0 saturated carbocycles. The smallest absolute Gasteiger partial charge is 0.338 e. The van der Waals surface area contributed by atoms with Gasteiger partial charge in [-0.1, -0.05) is 0 Å². The number of nitro groups is 1. The van der Waals surface area contributed by atoms with Gasteiger partial charge in [-0.25, -0.2) is 4.79 Å². The fourth-order valence-corrected chi connectivity index (χ4v) is 1.39. The molecule has 104 valence electrons. The Kier molecular flexibility index (Phi) is 4.41. The third kappa shape index (κ3) is 3.39. The highest BCUT2D eigenvalue weighted by molar-refractivity contribution is 5.95. The van der Waals surface area contributed by atoms with Crippen LogP contribution in [0.4, 0.5) is 11.4 Å². The number of rotatable bonds is 6. The summed E-state index contributed by atoms with van der Waals surface area (Å²) in [5.74, 6) is -1.34. The van der Waals surface area contributed by atoms with Gasteiger partial charge in [-0.3, -0.25) is 10.1 Å². The first kappa shape index (κ1) is 14.9. The highest BCUT2D eigenvalue weighted by Crippen LogP contribution is 2.25. The molecule has 4 N–H and O–H groups in total. The van der Waals surface area contributed by atoms with Crippen molar-refractivity contribution in [2.24, 2.45) is 0 Å². The highest BCUT2D eigenvalue weighted by atomic mass is 16.6. The van der Waals surface area contributed by atoms with E-state index in [1.165, 1.54) is 13.0 Å². The van der Waals surface area contributed by atoms with E-state index in [0.29, 0.717) is 0 Å². The van der Waals surface area contributed by atoms with Gasteiger partial charge in [0.25, 0.3) is 5.69 Å². The first-order valence-electron chi connectivity index (χ1n) is 5.34. The fourth-order valence-electron chi connectivity index (χ4n) is 1.39. The molecule has 0 atom stereocenters. The summed E-state index contributed by atoms with van der Waals surface area (Å²) in [4.78, 5) is 21.0. The molecule has 8 nitrogen and oxygen atoms in total. The molecular weight excluding hydrogens is 256 g/mol. The van der Waals surface area contributed by atoms with Gasteiger partial charge in [0, 0.05) is 17.8 Å². The van der Waals surface area contributed by atoms with Crippen LogP contribution in [0.15, 0.2) is 18.2 Å². The number of benzene rings is 1. The van der Waals surface area contributed by atoms with Crippen molar-refractivity contribution >= 4 is 17.3 Å². The molecule has 0 fully saturated rings. The molecule has 0 aromatic heterocycles. The number of carbonyl (C=O) groups is 1. The number of nitrogens with one attached hydrogen (secondary N) is 1. The lowest BCUT2D eigenvalue weighted by Gasteiger charge is -2.28. The lowest BCUT2D eigenvalue weighted by molar-refractivity contribution is -0.384. The SMILES string of the molecule is CC(CO)(CO)Nc1ccc([N+](=O)[O-])cc1C(=O)O. The van der Waals surface area contributed by atoms with Crippen LogP contribution >= 0.6 is 0 Å². The van der Waals surface area contributed by atoms with Crippen LogP contribution in [0, 0.1) is 10.1 Å². The Hall–Kier alpha value is -2.19. The Morgan fingerprint density at radius 3 is 2.42 bits per heavy atom. The lowest BCUT2D eigenvalue weighted by atomic mass is 10.0. The van der Waals surface area contributed by atoms with Crippen LogP contribution < -0.4 is 5.32 Å². The average molecular weight is 270 g/mol. The van der Waals surface area contributed by atoms with Gasteiger partial charge < -0.3 is 20.6 Å². The molecule has 0 aliphatic heterocycles. The number of nitrogens with zero attached hydrogens (tertiary/aromatic N) is 1. The Balaban J connectivity index is 3.21. The summed E-state index contributed by atoms with van der Waals surface area (Å²) >= 11 is 0. The van der Waals surface area contributed by atoms with Crippen molar-refractivity contribution in [2.45, 2.75) is 12.5 Å². The van der Waals surface area contributed by atoms with Crippen molar-refractivity contribution in [2.75, 3.05) is 18.5 Å². The van der Waals surface area contributed by atoms with E-state index in [9.17, 15) is 14.9 Å². The van der Waals surface area contributed by atoms with Crippen molar-refractivity contribution in [1.82, 2.24) is 0 Å². The molecule has 0 heterocycles. The second-order valence-corrected chi connectivity index (χ2v) is 4.29. The maximum atomic E-state index is 11.1. The third-order valence-corrected chi connectivity index (χ3v) is 2.58. The number of nitro benzene ring substituents is 1. The quantitative estimate of drug-likeness (QED) is 0.435. The van der Waals surface area contributed by atoms with Gasteiger partial charge >= 0.3 is 5.97 Å². The third-order valence-electron chi connectivity index (χ3n) is 2.58. The number of aliphatic hydroxyl groups excluding tert-OH is 2. The number of anilines is 1. The van der Waals surface area contributed by atoms with Crippen LogP contribution in [-0.2, 0) is 0 Å². The molecule has 0 radical (unpaired) electrons. The predicted molar refractivity (Wildman–Crippen MR) is 66.3 cm³/mol. The maximum Gasteiger partial charge on any atom is 0.338 e. The van der Waals surface area contributed by atoms with Gasteiger partial charge in [0.1, 0.15) is 0 Å². The average Bonchev–Trinajstić information content (AvgIpc) is 2.38. The van der Waals surface area contributed by atoms with Crippen LogP contribution in [0.3, 0.4) is 0 Å². The van der Waals surface area contributed by atoms with Crippen molar-refractivity contribution in [3.63, 3.8) is 0 Å². The minimum Gasteiger partial charge on any atom is -0.478 e. The van der Waals surface area contributed by atoms with Gasteiger partial charge in [-0.05, 0) is 13.0 Å². The zero-order valence-corrected chi connectivity index (χ0v) is 10.2. The zero-order chi connectivity index (χ0) is 14.6. The second-order valence-electron chi connectivity index (χ2n) is 4.29. The van der Waals surface area contributed by atoms with Gasteiger partial charge in [0.2, 0.25) is 0 Å². The summed E-state index contributed by atoms with van der Waals surface area (Å²) in [6.45, 7) is 0.624. The summed E-state index contributed by atoms with van der Waals surface area (Å²) in [7, 11) is 0. The van der Waals surface area contributed by atoms with Gasteiger partial charge in [0.15, 0.2) is 0 Å². The molecule has 1 aromatic rings. The van der Waals surface area contributed by atoms with E-state index in [2.05, 4.69) is 5.32 Å². The first-order chi connectivity index (χ1) is 8.83. The summed E-state index contributed by atoms with van der Waals surface area (Å²) in [5.41, 5.74) is -1.69. The van der Waals surface area contributed by atoms with E-state index in [1.54, 1.807) is 0 Å². The van der Waals surface area contributed by atoms with Crippen LogP contribution in [0.5, 0.6) is 0 Å². The number of carboxylic acids is 1. The van der Waals surface area contributed by atoms with E-state index < -0.39 is 29.6 Å². The second kappa shape index (κ2) is 5.63. The summed E-state index contributed by atoms with van der Waals surface area (Å²) in [6.07, 6.45) is 0. The van der Waals surface area contributed by atoms with Gasteiger partial charge in [-0.15, -0.1) is 0 Å². The Labute approximate surface area is 108 Å². The van der Waals surface area contributed by atoms with Crippen molar-refractivity contribution < 1.29 is 25.0 Å². The van der Waals surface area contributed by atoms with E-state index in [1.807, 2.05) is 0 Å². The number of carboxylic acid groups (broad SMARTS) is 1. The molecule has 1 aromatic carbocycles. The van der Waals surface area contributed by atoms with Crippen LogP contribution in [0.2, 0.25) is 0 Å². The van der Waals surface area contributed by atoms with Crippen molar-refractivity contribution in [3.8, 4) is 0 Å². The topological polar surface area (TPSA) is 133 Å². The summed E-state index contributed by atoms with van der Waals surface area (Å²) < 4.78 is 0. The van der Waals surface area contributed by atoms with E-state index in [-0.39, 0.29) is 16.9 Å². The number of hydrogen-bond acceptors (Lipinski definition) is 6. The Morgan fingerprint density at radius 1 is 1.42 bits per heavy atom. The molecule has 0 saturated heterocycles. The molecule has 0 spiro atoms. The van der Waals surface area contributed by atoms with E-state index in [4.69, 9.17) is 15.3 Å². The number of hydrogen-bond donors (Lipinski definition) is 4. The normalized spacial score (nSPS) is 11.1. The molecule has 0 amide bonds. The first-order valence-corrected chi connectivity index (χ1v) is 5.34. The zero-order valence-electron chi connectivity index (χ0n) is 10.2. The molecule has 1 rings (SSSR count). The molecule has 0 bridgehead atoms. The maximum absolute atomic E-state index is 11.1. The van der Waals surface area contributed by atoms with Crippen LogP contribution in [-0.4, -0.2) is 45.0 Å². The lowest BCUT2D eigenvalue weighted by Crippen LogP contribution is -2.42. The minimum absolute atomic E-state index is 0.0868. The number of aliphatic hydroxyl groups is 2. The van der Waals surface area contributed by atoms with Gasteiger partial charge in [0.05, 0.1) is 29.2 Å². The van der Waals surface area contributed by atoms with Gasteiger partial charge in [-0.2, -0.15) is 0 Å². The number of non-ortho nitro benzene ring substituents is 1. The van der Waals surface area contributed by atoms with Crippen molar-refractivity contribution in [3.05, 3.63) is 33.9 Å². The molecule has 8 heteroatoms. The highest BCUT2D eigenvalue weighted by Gasteiger charge is 2.25. The van der Waals surface area contributed by atoms with E-state index >= 15 is 0 Å². The number of aromatic carboxylic acids is 1. The fraction of sp³-hybridized carbons (Fsp3) is 0.364. The van der Waals surface area contributed by atoms with Crippen LogP contribution in [0.1, 0.15) is 17.3 Å². The molecule has 19 heavy (non-hydrogen) atoms. The molecule has 0 unspecified atom stereocenters. The molecular formula is C11H14N2O6. The molecule has 0 aliphatic carbocycles. The predicted octanol–water partition coefficient (Wildman–Crippen LogP) is 0.448. The van der Waals surface area contributed by atoms with Crippen LogP contribution in [0.25, 0.3) is 0 Å². The summed E-state index contributed by atoms with van der Waals surface area (Å²) in [6, 6.07) is 3.29. The Morgan fingerprint density at radius 2 is 2.00 bits per heavy atom. The monoisotopic (exact) mass is 270 g/mol. The largest absolute Gasteiger partial charge is 0.478 e. The standard InChI is InChI=1S/C11H14N2O6/c1-11(5-14,6-15)12-9-3-2-7(13(18)19)4-8(9)10(16)17/h2-4,12,14-15H,5-6H2,1H3,(H,16,17). The molecule has 0 aliphatic rings.